The molecule has 14 heteroatoms. The van der Waals surface area contributed by atoms with E-state index in [0.29, 0.717) is 29.2 Å². The number of amides is 3. The Kier molecular flexibility index (Phi) is 11.1. The first-order valence-electron chi connectivity index (χ1n) is 13.0. The molecular formula is C28H32F3N3O7S. The molecule has 0 aromatic heterocycles. The summed E-state index contributed by atoms with van der Waals surface area (Å²) < 4.78 is 52.0. The number of benzene rings is 2. The molecule has 0 bridgehead atoms. The summed E-state index contributed by atoms with van der Waals surface area (Å²) in [4.78, 5) is 50.7. The van der Waals surface area contributed by atoms with Gasteiger partial charge in [-0.25, -0.2) is 22.8 Å². The summed E-state index contributed by atoms with van der Waals surface area (Å²) >= 11 is 1.25. The molecule has 2 aromatic rings. The summed E-state index contributed by atoms with van der Waals surface area (Å²) in [5.41, 5.74) is -0.402. The number of halogens is 3. The fraction of sp³-hybridized carbons (Fsp3) is 0.429. The maximum atomic E-state index is 14.4. The second kappa shape index (κ2) is 14.3. The van der Waals surface area contributed by atoms with E-state index in [1.165, 1.54) is 16.7 Å². The van der Waals surface area contributed by atoms with Crippen LogP contribution >= 0.6 is 11.8 Å². The summed E-state index contributed by atoms with van der Waals surface area (Å²) in [6.45, 7) is 4.80. The van der Waals surface area contributed by atoms with Crippen LogP contribution in [0.5, 0.6) is 5.75 Å². The van der Waals surface area contributed by atoms with Crippen molar-refractivity contribution in [2.75, 3.05) is 18.9 Å². The number of carboxylic acids is 1. The van der Waals surface area contributed by atoms with E-state index in [-0.39, 0.29) is 31.5 Å². The molecule has 228 valence electrons. The van der Waals surface area contributed by atoms with Gasteiger partial charge in [0.1, 0.15) is 17.2 Å². The third kappa shape index (κ3) is 9.86. The smallest absolute Gasteiger partial charge is 0.407 e. The average Bonchev–Trinajstić information content (AvgIpc) is 3.39. The van der Waals surface area contributed by atoms with Crippen molar-refractivity contribution in [2.24, 2.45) is 0 Å². The van der Waals surface area contributed by atoms with Crippen molar-refractivity contribution >= 4 is 35.6 Å². The van der Waals surface area contributed by atoms with Gasteiger partial charge >= 0.3 is 12.1 Å². The summed E-state index contributed by atoms with van der Waals surface area (Å²) in [6, 6.07) is 6.47. The van der Waals surface area contributed by atoms with Crippen LogP contribution in [-0.2, 0) is 32.1 Å². The van der Waals surface area contributed by atoms with Crippen LogP contribution in [-0.4, -0.2) is 69.8 Å². The first-order chi connectivity index (χ1) is 19.7. The van der Waals surface area contributed by atoms with E-state index in [9.17, 15) is 32.3 Å². The maximum Gasteiger partial charge on any atom is 0.407 e. The van der Waals surface area contributed by atoms with Crippen molar-refractivity contribution in [3.63, 3.8) is 0 Å². The molecule has 0 saturated carbocycles. The molecule has 1 fully saturated rings. The number of nitrogens with zero attached hydrogens (tertiary/aromatic N) is 1. The van der Waals surface area contributed by atoms with Crippen LogP contribution in [0.15, 0.2) is 36.4 Å². The van der Waals surface area contributed by atoms with Crippen molar-refractivity contribution < 1.29 is 46.9 Å². The van der Waals surface area contributed by atoms with E-state index in [2.05, 4.69) is 10.6 Å². The highest BCUT2D eigenvalue weighted by molar-refractivity contribution is 8.00. The summed E-state index contributed by atoms with van der Waals surface area (Å²) in [5, 5.41) is 13.1. The molecule has 1 aliphatic rings. The van der Waals surface area contributed by atoms with Gasteiger partial charge in [-0.3, -0.25) is 9.59 Å². The van der Waals surface area contributed by atoms with Crippen LogP contribution in [0, 0.1) is 17.5 Å². The molecule has 1 unspecified atom stereocenters. The van der Waals surface area contributed by atoms with Gasteiger partial charge in [0.2, 0.25) is 5.91 Å². The highest BCUT2D eigenvalue weighted by atomic mass is 32.2. The molecule has 3 rings (SSSR count). The monoisotopic (exact) mass is 611 g/mol. The van der Waals surface area contributed by atoms with Crippen molar-refractivity contribution in [2.45, 2.75) is 57.2 Å². The van der Waals surface area contributed by atoms with E-state index in [0.717, 1.165) is 0 Å². The SMILES string of the molecule is CC(C)(C)OC(=O)NC(CC(=O)N1CCS[C@@H]1C(=O)NCc1ccc(OCC(=O)O)cc1)Cc1cc(F)c(F)cc1F. The zero-order valence-electron chi connectivity index (χ0n) is 23.2. The number of carboxylic acid groups (broad SMARTS) is 1. The predicted molar refractivity (Wildman–Crippen MR) is 147 cm³/mol. The Morgan fingerprint density at radius 2 is 1.74 bits per heavy atom. The molecule has 2 atom stereocenters. The van der Waals surface area contributed by atoms with E-state index in [1.807, 2.05) is 0 Å². The number of nitrogens with one attached hydrogen (secondary N) is 2. The van der Waals surface area contributed by atoms with Gasteiger partial charge in [0.15, 0.2) is 23.6 Å². The normalized spacial score (nSPS) is 15.6. The number of ether oxygens (including phenoxy) is 2. The van der Waals surface area contributed by atoms with Crippen LogP contribution in [0.4, 0.5) is 18.0 Å². The molecule has 1 heterocycles. The molecule has 0 spiro atoms. The Labute approximate surface area is 244 Å². The maximum absolute atomic E-state index is 14.4. The first kappa shape index (κ1) is 32.6. The number of alkyl carbamates (subject to hydrolysis) is 1. The number of carbonyl (C=O) groups is 4. The molecule has 2 aromatic carbocycles. The number of thioether (sulfide) groups is 1. The molecule has 42 heavy (non-hydrogen) atoms. The fourth-order valence-electron chi connectivity index (χ4n) is 4.03. The number of rotatable bonds is 11. The van der Waals surface area contributed by atoms with Gasteiger partial charge in [-0.05, 0) is 56.5 Å². The third-order valence-corrected chi connectivity index (χ3v) is 7.09. The standard InChI is InChI=1S/C28H32F3N3O7S/c1-28(2,3)41-27(39)33-18(10-17-11-21(30)22(31)13-20(17)29)12-23(35)34-8-9-42-26(34)25(38)32-14-16-4-6-19(7-5-16)40-15-24(36)37/h4-7,11,13,18,26H,8-10,12,14-15H2,1-3H3,(H,32,38)(H,33,39)(H,36,37)/t18?,26-/m1/s1. The van der Waals surface area contributed by atoms with E-state index < -0.39 is 65.0 Å². The van der Waals surface area contributed by atoms with Gasteiger partial charge in [-0.15, -0.1) is 11.8 Å². The predicted octanol–water partition coefficient (Wildman–Crippen LogP) is 3.61. The Bertz CT molecular complexity index is 1300. The lowest BCUT2D eigenvalue weighted by Gasteiger charge is -2.27. The minimum absolute atomic E-state index is 0.134. The van der Waals surface area contributed by atoms with Gasteiger partial charge in [-0.1, -0.05) is 12.1 Å². The topological polar surface area (TPSA) is 134 Å². The first-order valence-corrected chi connectivity index (χ1v) is 14.0. The molecule has 1 aliphatic heterocycles. The highest BCUT2D eigenvalue weighted by Crippen LogP contribution is 2.26. The summed E-state index contributed by atoms with van der Waals surface area (Å²) in [7, 11) is 0. The van der Waals surface area contributed by atoms with Gasteiger partial charge < -0.3 is 30.1 Å². The van der Waals surface area contributed by atoms with Crippen LogP contribution in [0.2, 0.25) is 0 Å². The van der Waals surface area contributed by atoms with Crippen LogP contribution in [0.1, 0.15) is 38.3 Å². The zero-order valence-corrected chi connectivity index (χ0v) is 24.1. The molecule has 3 N–H and O–H groups in total. The minimum atomic E-state index is -1.37. The lowest BCUT2D eigenvalue weighted by Crippen LogP contribution is -2.48. The van der Waals surface area contributed by atoms with Gasteiger partial charge in [0.25, 0.3) is 5.91 Å². The van der Waals surface area contributed by atoms with Crippen molar-refractivity contribution in [1.29, 1.82) is 0 Å². The number of aliphatic carboxylic acids is 1. The highest BCUT2D eigenvalue weighted by Gasteiger charge is 2.36. The molecule has 10 nitrogen and oxygen atoms in total. The average molecular weight is 612 g/mol. The molecule has 0 aliphatic carbocycles. The lowest BCUT2D eigenvalue weighted by molar-refractivity contribution is -0.139. The second-order valence-electron chi connectivity index (χ2n) is 10.5. The fourth-order valence-corrected chi connectivity index (χ4v) is 5.19. The van der Waals surface area contributed by atoms with Gasteiger partial charge in [-0.2, -0.15) is 0 Å². The minimum Gasteiger partial charge on any atom is -0.482 e. The summed E-state index contributed by atoms with van der Waals surface area (Å²) in [5.74, 6) is -4.90. The van der Waals surface area contributed by atoms with E-state index in [1.54, 1.807) is 45.0 Å². The lowest BCUT2D eigenvalue weighted by atomic mass is 10.0. The molecule has 3 amide bonds. The van der Waals surface area contributed by atoms with Crippen molar-refractivity contribution in [3.05, 3.63) is 65.0 Å². The van der Waals surface area contributed by atoms with Crippen LogP contribution in [0.3, 0.4) is 0 Å². The van der Waals surface area contributed by atoms with Gasteiger partial charge in [0, 0.05) is 37.4 Å². The Morgan fingerprint density at radius 1 is 1.07 bits per heavy atom. The Hall–Kier alpha value is -3.94. The van der Waals surface area contributed by atoms with Crippen LogP contribution in [0.25, 0.3) is 0 Å². The van der Waals surface area contributed by atoms with E-state index in [4.69, 9.17) is 14.6 Å². The largest absolute Gasteiger partial charge is 0.482 e. The third-order valence-electron chi connectivity index (χ3n) is 5.89. The summed E-state index contributed by atoms with van der Waals surface area (Å²) in [6.07, 6.45) is -1.58. The Balaban J connectivity index is 1.66. The number of hydrogen-bond acceptors (Lipinski definition) is 7. The number of carbonyl (C=O) groups excluding carboxylic acids is 3. The molecule has 1 saturated heterocycles. The van der Waals surface area contributed by atoms with Crippen molar-refractivity contribution in [1.82, 2.24) is 15.5 Å². The molecular weight excluding hydrogens is 579 g/mol. The zero-order chi connectivity index (χ0) is 31.0. The van der Waals surface area contributed by atoms with Crippen molar-refractivity contribution in [3.8, 4) is 5.75 Å². The van der Waals surface area contributed by atoms with Crippen LogP contribution < -0.4 is 15.4 Å². The number of hydrogen-bond donors (Lipinski definition) is 3. The second-order valence-corrected chi connectivity index (χ2v) is 11.7. The quantitative estimate of drug-likeness (QED) is 0.328. The van der Waals surface area contributed by atoms with E-state index >= 15 is 0 Å². The Morgan fingerprint density at radius 3 is 2.38 bits per heavy atom. The molecule has 0 radical (unpaired) electrons. The van der Waals surface area contributed by atoms with Gasteiger partial charge in [0.05, 0.1) is 0 Å².